The first-order valence-electron chi connectivity index (χ1n) is 10.5. The van der Waals surface area contributed by atoms with E-state index in [0.717, 1.165) is 21.6 Å². The summed E-state index contributed by atoms with van der Waals surface area (Å²) in [4.78, 5) is 30.7. The largest absolute Gasteiger partial charge is 0.507 e. The Morgan fingerprint density at radius 2 is 1.61 bits per heavy atom. The molecule has 0 unspecified atom stereocenters. The van der Waals surface area contributed by atoms with Crippen molar-refractivity contribution in [2.45, 2.75) is 6.92 Å². The Morgan fingerprint density at radius 3 is 2.27 bits per heavy atom. The van der Waals surface area contributed by atoms with Crippen LogP contribution in [0.4, 0.5) is 4.39 Å². The first-order chi connectivity index (χ1) is 15.9. The number of carbonyl (C=O) groups excluding carboxylic acids is 2. The van der Waals surface area contributed by atoms with Crippen LogP contribution in [0.15, 0.2) is 54.6 Å². The lowest BCUT2D eigenvalue weighted by Crippen LogP contribution is -2.50. The van der Waals surface area contributed by atoms with E-state index in [1.165, 1.54) is 29.5 Å². The zero-order chi connectivity index (χ0) is 23.1. The number of fused-ring (bicyclic) bond motifs is 1. The highest BCUT2D eigenvalue weighted by Crippen LogP contribution is 2.31. The van der Waals surface area contributed by atoms with E-state index >= 15 is 0 Å². The van der Waals surface area contributed by atoms with Crippen molar-refractivity contribution < 1.29 is 19.1 Å². The summed E-state index contributed by atoms with van der Waals surface area (Å²) in [5.41, 5.74) is 1.79. The molecule has 1 fully saturated rings. The number of phenolic OH excluding ortho intramolecular Hbond substituents is 1. The fourth-order valence-electron chi connectivity index (χ4n) is 4.00. The second-order valence-corrected chi connectivity index (χ2v) is 8.94. The van der Waals surface area contributed by atoms with Gasteiger partial charge in [0.15, 0.2) is 0 Å². The first kappa shape index (κ1) is 21.1. The van der Waals surface area contributed by atoms with Crippen LogP contribution in [-0.4, -0.2) is 62.7 Å². The molecule has 2 aromatic heterocycles. The number of phenols is 1. The predicted octanol–water partition coefficient (Wildman–Crippen LogP) is 3.84. The maximum absolute atomic E-state index is 13.3. The number of hydrogen-bond donors (Lipinski definition) is 1. The molecular formula is C24H21FN4O3S. The third-order valence-electron chi connectivity index (χ3n) is 5.82. The number of benzene rings is 2. The number of hydrogen-bond acceptors (Lipinski definition) is 5. The standard InChI is InChI=1S/C24H21FN4O3S/c1-15-19-14-21(33-24(19)29(26-15)17-8-6-16(25)7-9-17)23(32)28-12-10-27(11-13-28)22(31)18-4-2-3-5-20(18)30/h2-9,14,30H,10-13H2,1H3. The van der Waals surface area contributed by atoms with Crippen molar-refractivity contribution in [3.05, 3.63) is 76.5 Å². The van der Waals surface area contributed by atoms with E-state index in [-0.39, 0.29) is 28.9 Å². The average Bonchev–Trinajstić information content (AvgIpc) is 3.40. The number of para-hydroxylation sites is 1. The van der Waals surface area contributed by atoms with Gasteiger partial charge in [-0.1, -0.05) is 12.1 Å². The molecule has 4 aromatic rings. The van der Waals surface area contributed by atoms with E-state index < -0.39 is 0 Å². The minimum Gasteiger partial charge on any atom is -0.507 e. The van der Waals surface area contributed by atoms with Gasteiger partial charge in [0.2, 0.25) is 0 Å². The molecule has 0 radical (unpaired) electrons. The van der Waals surface area contributed by atoms with Crippen LogP contribution in [0.1, 0.15) is 25.7 Å². The van der Waals surface area contributed by atoms with Crippen LogP contribution in [-0.2, 0) is 0 Å². The minimum atomic E-state index is -0.319. The molecule has 33 heavy (non-hydrogen) atoms. The highest BCUT2D eigenvalue weighted by Gasteiger charge is 2.28. The van der Waals surface area contributed by atoms with Gasteiger partial charge in [-0.3, -0.25) is 9.59 Å². The molecule has 5 rings (SSSR count). The molecule has 7 nitrogen and oxygen atoms in total. The molecule has 0 spiro atoms. The second-order valence-electron chi connectivity index (χ2n) is 7.90. The van der Waals surface area contributed by atoms with E-state index in [4.69, 9.17) is 0 Å². The molecule has 1 aliphatic heterocycles. The van der Waals surface area contributed by atoms with Crippen molar-refractivity contribution in [1.29, 1.82) is 0 Å². The summed E-state index contributed by atoms with van der Waals surface area (Å²) in [6, 6.07) is 14.4. The fraction of sp³-hybridized carbons (Fsp3) is 0.208. The Hall–Kier alpha value is -3.72. The number of amides is 2. The number of aryl methyl sites for hydroxylation is 1. The number of halogens is 1. The van der Waals surface area contributed by atoms with Gasteiger partial charge in [-0.05, 0) is 49.4 Å². The van der Waals surface area contributed by atoms with Crippen LogP contribution < -0.4 is 0 Å². The van der Waals surface area contributed by atoms with E-state index in [2.05, 4.69) is 5.10 Å². The third-order valence-corrected chi connectivity index (χ3v) is 6.91. The van der Waals surface area contributed by atoms with E-state index in [9.17, 15) is 19.1 Å². The van der Waals surface area contributed by atoms with Crippen LogP contribution in [0.5, 0.6) is 5.75 Å². The van der Waals surface area contributed by atoms with E-state index in [0.29, 0.717) is 31.1 Å². The molecule has 2 amide bonds. The SMILES string of the molecule is Cc1nn(-c2ccc(F)cc2)c2sc(C(=O)N3CCN(C(=O)c4ccccc4O)CC3)cc12. The average molecular weight is 465 g/mol. The van der Waals surface area contributed by atoms with Crippen LogP contribution in [0.25, 0.3) is 15.9 Å². The normalized spacial score (nSPS) is 14.1. The van der Waals surface area contributed by atoms with E-state index in [1.54, 1.807) is 44.8 Å². The molecule has 0 saturated carbocycles. The molecule has 1 N–H and O–H groups in total. The summed E-state index contributed by atoms with van der Waals surface area (Å²) in [6.45, 7) is 3.50. The summed E-state index contributed by atoms with van der Waals surface area (Å²) in [5.74, 6) is -0.689. The Bertz CT molecular complexity index is 1350. The Morgan fingerprint density at radius 1 is 0.970 bits per heavy atom. The number of carbonyl (C=O) groups is 2. The zero-order valence-electron chi connectivity index (χ0n) is 17.9. The molecule has 9 heteroatoms. The van der Waals surface area contributed by atoms with Crippen molar-refractivity contribution in [3.8, 4) is 11.4 Å². The third kappa shape index (κ3) is 3.84. The van der Waals surface area contributed by atoms with Gasteiger partial charge >= 0.3 is 0 Å². The lowest BCUT2D eigenvalue weighted by Gasteiger charge is -2.34. The number of rotatable bonds is 3. The van der Waals surface area contributed by atoms with Crippen LogP contribution in [0.2, 0.25) is 0 Å². The van der Waals surface area contributed by atoms with Crippen LogP contribution in [0.3, 0.4) is 0 Å². The molecule has 2 aromatic carbocycles. The predicted molar refractivity (Wildman–Crippen MR) is 124 cm³/mol. The lowest BCUT2D eigenvalue weighted by molar-refractivity contribution is 0.0536. The minimum absolute atomic E-state index is 0.0446. The second kappa shape index (κ2) is 8.32. The van der Waals surface area contributed by atoms with Gasteiger partial charge in [-0.2, -0.15) is 5.10 Å². The molecular weight excluding hydrogens is 443 g/mol. The Kier molecular flexibility index (Phi) is 5.33. The summed E-state index contributed by atoms with van der Waals surface area (Å²) in [5, 5.41) is 15.4. The summed E-state index contributed by atoms with van der Waals surface area (Å²) in [7, 11) is 0. The van der Waals surface area contributed by atoms with Crippen molar-refractivity contribution in [3.63, 3.8) is 0 Å². The van der Waals surface area contributed by atoms with Crippen molar-refractivity contribution in [1.82, 2.24) is 19.6 Å². The number of thiophene rings is 1. The summed E-state index contributed by atoms with van der Waals surface area (Å²) in [6.07, 6.45) is 0. The Labute approximate surface area is 193 Å². The molecule has 1 saturated heterocycles. The summed E-state index contributed by atoms with van der Waals surface area (Å²) < 4.78 is 15.0. The fourth-order valence-corrected chi connectivity index (χ4v) is 5.15. The van der Waals surface area contributed by atoms with Crippen molar-refractivity contribution in [2.75, 3.05) is 26.2 Å². The highest BCUT2D eigenvalue weighted by atomic mass is 32.1. The van der Waals surface area contributed by atoms with Gasteiger partial charge in [0.1, 0.15) is 16.4 Å². The molecule has 0 atom stereocenters. The van der Waals surface area contributed by atoms with Gasteiger partial charge < -0.3 is 14.9 Å². The van der Waals surface area contributed by atoms with Crippen molar-refractivity contribution in [2.24, 2.45) is 0 Å². The van der Waals surface area contributed by atoms with Gasteiger partial charge in [-0.15, -0.1) is 11.3 Å². The smallest absolute Gasteiger partial charge is 0.264 e. The van der Waals surface area contributed by atoms with Crippen LogP contribution >= 0.6 is 11.3 Å². The zero-order valence-corrected chi connectivity index (χ0v) is 18.7. The lowest BCUT2D eigenvalue weighted by atomic mass is 10.1. The number of aromatic hydroxyl groups is 1. The topological polar surface area (TPSA) is 78.7 Å². The molecule has 1 aliphatic rings. The quantitative estimate of drug-likeness (QED) is 0.500. The van der Waals surface area contributed by atoms with Gasteiger partial charge in [-0.25, -0.2) is 9.07 Å². The van der Waals surface area contributed by atoms with Crippen molar-refractivity contribution >= 4 is 33.4 Å². The van der Waals surface area contributed by atoms with Gasteiger partial charge in [0.05, 0.1) is 21.8 Å². The Balaban J connectivity index is 1.33. The molecule has 168 valence electrons. The number of nitrogens with zero attached hydrogens (tertiary/aromatic N) is 4. The maximum atomic E-state index is 13.3. The molecule has 0 aliphatic carbocycles. The molecule has 0 bridgehead atoms. The maximum Gasteiger partial charge on any atom is 0.264 e. The molecule has 3 heterocycles. The number of aromatic nitrogens is 2. The van der Waals surface area contributed by atoms with E-state index in [1.807, 2.05) is 13.0 Å². The van der Waals surface area contributed by atoms with Crippen LogP contribution in [0, 0.1) is 12.7 Å². The summed E-state index contributed by atoms with van der Waals surface area (Å²) >= 11 is 1.35. The van der Waals surface area contributed by atoms with Gasteiger partial charge in [0.25, 0.3) is 11.8 Å². The first-order valence-corrected chi connectivity index (χ1v) is 11.4. The number of piperazine rings is 1. The monoisotopic (exact) mass is 464 g/mol. The highest BCUT2D eigenvalue weighted by molar-refractivity contribution is 7.20. The van der Waals surface area contributed by atoms with Gasteiger partial charge in [0, 0.05) is 31.6 Å².